The van der Waals surface area contributed by atoms with Gasteiger partial charge in [-0.25, -0.2) is 12.9 Å². The predicted molar refractivity (Wildman–Crippen MR) is 108 cm³/mol. The molecule has 3 heterocycles. The highest BCUT2D eigenvalue weighted by atomic mass is 32.2. The molecule has 0 saturated heterocycles. The van der Waals surface area contributed by atoms with E-state index in [4.69, 9.17) is 0 Å². The summed E-state index contributed by atoms with van der Waals surface area (Å²) in [5, 5.41) is 7.72. The molecule has 0 aliphatic heterocycles. The second-order valence-corrected chi connectivity index (χ2v) is 8.27. The van der Waals surface area contributed by atoms with E-state index in [9.17, 15) is 13.2 Å². The average molecular weight is 397 g/mol. The van der Waals surface area contributed by atoms with Crippen LogP contribution >= 0.6 is 0 Å². The third-order valence-corrected chi connectivity index (χ3v) is 5.68. The van der Waals surface area contributed by atoms with E-state index >= 15 is 0 Å². The van der Waals surface area contributed by atoms with Crippen molar-refractivity contribution in [2.75, 3.05) is 17.0 Å². The average Bonchev–Trinajstić information content (AvgIpc) is 3.28. The minimum atomic E-state index is -3.58. The highest BCUT2D eigenvalue weighted by Gasteiger charge is 2.13. The first-order valence-corrected chi connectivity index (χ1v) is 10.4. The van der Waals surface area contributed by atoms with Crippen LogP contribution in [0.4, 0.5) is 5.69 Å². The van der Waals surface area contributed by atoms with Gasteiger partial charge in [0.1, 0.15) is 0 Å². The molecule has 0 radical (unpaired) electrons. The minimum Gasteiger partial charge on any atom is -0.361 e. The normalized spacial score (nSPS) is 11.7. The Hall–Kier alpha value is -3.33. The van der Waals surface area contributed by atoms with Gasteiger partial charge in [-0.2, -0.15) is 5.10 Å². The van der Waals surface area contributed by atoms with Gasteiger partial charge in [0.25, 0.3) is 0 Å². The lowest BCUT2D eigenvalue weighted by atomic mass is 10.1. The number of amides is 1. The van der Waals surface area contributed by atoms with Crippen LogP contribution in [-0.4, -0.2) is 41.2 Å². The number of nitrogens with zero attached hydrogens (tertiary/aromatic N) is 2. The molecule has 8 nitrogen and oxygen atoms in total. The molecular weight excluding hydrogens is 378 g/mol. The van der Waals surface area contributed by atoms with E-state index in [1.807, 2.05) is 24.3 Å². The van der Waals surface area contributed by atoms with Gasteiger partial charge in [0.2, 0.25) is 15.9 Å². The van der Waals surface area contributed by atoms with Gasteiger partial charge in [0.15, 0.2) is 0 Å². The fraction of sp³-hybridized carbons (Fsp3) is 0.158. The maximum absolute atomic E-state index is 12.3. The Kier molecular flexibility index (Phi) is 4.74. The zero-order valence-corrected chi connectivity index (χ0v) is 15.7. The number of carbonyl (C=O) groups is 1. The molecule has 0 aliphatic carbocycles. The van der Waals surface area contributed by atoms with Crippen LogP contribution in [0.3, 0.4) is 0 Å². The summed E-state index contributed by atoms with van der Waals surface area (Å²) in [7, 11) is -3.58. The van der Waals surface area contributed by atoms with Crippen molar-refractivity contribution in [1.29, 1.82) is 0 Å². The van der Waals surface area contributed by atoms with Gasteiger partial charge in [-0.3, -0.25) is 9.52 Å². The molecule has 144 valence electrons. The summed E-state index contributed by atoms with van der Waals surface area (Å²) in [5.41, 5.74) is 3.08. The van der Waals surface area contributed by atoms with Crippen molar-refractivity contribution in [2.24, 2.45) is 0 Å². The summed E-state index contributed by atoms with van der Waals surface area (Å²) in [6.45, 7) is 0.0332. The lowest BCUT2D eigenvalue weighted by Crippen LogP contribution is -2.32. The topological polar surface area (TPSA) is 108 Å². The van der Waals surface area contributed by atoms with Crippen molar-refractivity contribution in [3.8, 4) is 0 Å². The highest BCUT2D eigenvalue weighted by molar-refractivity contribution is 7.92. The monoisotopic (exact) mass is 397 g/mol. The molecule has 0 fully saturated rings. The number of para-hydroxylation sites is 1. The van der Waals surface area contributed by atoms with Gasteiger partial charge in [0.05, 0.1) is 23.4 Å². The van der Waals surface area contributed by atoms with E-state index in [1.54, 1.807) is 41.3 Å². The first-order chi connectivity index (χ1) is 13.5. The first kappa shape index (κ1) is 18.1. The van der Waals surface area contributed by atoms with Crippen molar-refractivity contribution in [3.05, 3.63) is 66.6 Å². The van der Waals surface area contributed by atoms with E-state index in [0.29, 0.717) is 5.69 Å². The second-order valence-electron chi connectivity index (χ2n) is 6.42. The number of aromatic amines is 1. The summed E-state index contributed by atoms with van der Waals surface area (Å²) in [6.07, 6.45) is 5.30. The molecule has 0 unspecified atom stereocenters. The molecule has 3 aromatic heterocycles. The molecular formula is C19H19N5O3S. The number of fused-ring (bicyclic) bond motifs is 2. The number of nitrogens with one attached hydrogen (secondary N) is 3. The van der Waals surface area contributed by atoms with Crippen molar-refractivity contribution in [3.63, 3.8) is 0 Å². The summed E-state index contributed by atoms with van der Waals surface area (Å²) < 4.78 is 28.7. The number of hydrogen-bond acceptors (Lipinski definition) is 4. The van der Waals surface area contributed by atoms with E-state index < -0.39 is 10.0 Å². The molecule has 1 aromatic carbocycles. The molecule has 0 spiro atoms. The van der Waals surface area contributed by atoms with E-state index in [-0.39, 0.29) is 24.6 Å². The molecule has 3 N–H and O–H groups in total. The zero-order valence-electron chi connectivity index (χ0n) is 14.9. The van der Waals surface area contributed by atoms with Crippen LogP contribution in [0.2, 0.25) is 0 Å². The number of pyridine rings is 1. The number of hydrogen-bond donors (Lipinski definition) is 3. The molecule has 1 amide bonds. The summed E-state index contributed by atoms with van der Waals surface area (Å²) in [5.74, 6) is -0.433. The molecule has 0 aliphatic rings. The number of benzene rings is 1. The second kappa shape index (κ2) is 7.35. The van der Waals surface area contributed by atoms with Crippen molar-refractivity contribution < 1.29 is 13.2 Å². The number of carbonyl (C=O) groups excluding carboxylic acids is 1. The molecule has 0 saturated carbocycles. The van der Waals surface area contributed by atoms with Gasteiger partial charge in [-0.05, 0) is 29.8 Å². The number of aromatic nitrogens is 3. The van der Waals surface area contributed by atoms with Gasteiger partial charge in [-0.1, -0.05) is 18.2 Å². The molecule has 0 atom stereocenters. The lowest BCUT2D eigenvalue weighted by molar-refractivity contribution is -0.120. The Morgan fingerprint density at radius 2 is 2.04 bits per heavy atom. The van der Waals surface area contributed by atoms with Gasteiger partial charge in [-0.15, -0.1) is 0 Å². The van der Waals surface area contributed by atoms with Crippen LogP contribution in [0.15, 0.2) is 61.1 Å². The van der Waals surface area contributed by atoms with E-state index in [0.717, 1.165) is 22.0 Å². The number of sulfonamides is 1. The fourth-order valence-corrected chi connectivity index (χ4v) is 4.01. The van der Waals surface area contributed by atoms with Crippen LogP contribution in [0.1, 0.15) is 5.56 Å². The molecule has 4 aromatic rings. The predicted octanol–water partition coefficient (Wildman–Crippen LogP) is 1.92. The largest absolute Gasteiger partial charge is 0.361 e. The van der Waals surface area contributed by atoms with Crippen molar-refractivity contribution >= 4 is 38.0 Å². The SMILES string of the molecule is O=C(Cc1c[nH]c2ccccc12)NCCS(=O)(=O)Nc1ccn2nccc2c1. The maximum Gasteiger partial charge on any atom is 0.234 e. The first-order valence-electron chi connectivity index (χ1n) is 8.76. The Labute approximate surface area is 161 Å². The number of rotatable bonds is 7. The summed E-state index contributed by atoms with van der Waals surface area (Å²) in [4.78, 5) is 15.3. The molecule has 4 rings (SSSR count). The fourth-order valence-electron chi connectivity index (χ4n) is 3.05. The van der Waals surface area contributed by atoms with E-state index in [2.05, 4.69) is 20.1 Å². The van der Waals surface area contributed by atoms with Gasteiger partial charge in [0, 0.05) is 36.0 Å². The van der Waals surface area contributed by atoms with E-state index in [1.165, 1.54) is 0 Å². The van der Waals surface area contributed by atoms with Crippen LogP contribution < -0.4 is 10.0 Å². The summed E-state index contributed by atoms with van der Waals surface area (Å²) in [6, 6.07) is 12.8. The van der Waals surface area contributed by atoms with Gasteiger partial charge >= 0.3 is 0 Å². The smallest absolute Gasteiger partial charge is 0.234 e. The summed E-state index contributed by atoms with van der Waals surface area (Å²) >= 11 is 0. The number of anilines is 1. The molecule has 28 heavy (non-hydrogen) atoms. The zero-order chi connectivity index (χ0) is 19.6. The Morgan fingerprint density at radius 1 is 1.18 bits per heavy atom. The van der Waals surface area contributed by atoms with Crippen LogP contribution in [0.25, 0.3) is 16.4 Å². The quantitative estimate of drug-likeness (QED) is 0.443. The van der Waals surface area contributed by atoms with Crippen LogP contribution in [0.5, 0.6) is 0 Å². The van der Waals surface area contributed by atoms with Crippen LogP contribution in [-0.2, 0) is 21.2 Å². The Morgan fingerprint density at radius 3 is 2.93 bits per heavy atom. The Balaban J connectivity index is 1.31. The van der Waals surface area contributed by atoms with Crippen molar-refractivity contribution in [2.45, 2.75) is 6.42 Å². The molecule has 9 heteroatoms. The number of H-pyrrole nitrogens is 1. The van der Waals surface area contributed by atoms with Crippen LogP contribution in [0, 0.1) is 0 Å². The highest BCUT2D eigenvalue weighted by Crippen LogP contribution is 2.18. The Bertz CT molecular complexity index is 1240. The minimum absolute atomic E-state index is 0.0332. The third-order valence-electron chi connectivity index (χ3n) is 4.39. The van der Waals surface area contributed by atoms with Gasteiger partial charge < -0.3 is 10.3 Å². The molecule has 0 bridgehead atoms. The maximum atomic E-state index is 12.3. The third kappa shape index (κ3) is 3.99. The standard InChI is InChI=1S/C19H19N5O3S/c25-19(11-14-13-21-18-4-2-1-3-17(14)18)20-8-10-28(26,27)23-15-6-9-24-16(12-15)5-7-22-24/h1-7,9,12-13,21,23H,8,10-11H2,(H,20,25). The lowest BCUT2D eigenvalue weighted by Gasteiger charge is -2.09. The van der Waals surface area contributed by atoms with Crippen molar-refractivity contribution in [1.82, 2.24) is 19.9 Å².